The zero-order valence-corrected chi connectivity index (χ0v) is 12.0. The molecule has 2 rings (SSSR count). The Kier molecular flexibility index (Phi) is 3.79. The van der Waals surface area contributed by atoms with Crippen LogP contribution in [0, 0.1) is 0 Å². The number of carbonyl (C=O) groups excluding carboxylic acids is 2. The maximum atomic E-state index is 12.1. The molecule has 0 N–H and O–H groups in total. The highest BCUT2D eigenvalue weighted by Gasteiger charge is 2.36. The minimum atomic E-state index is -0.253. The van der Waals surface area contributed by atoms with Gasteiger partial charge in [-0.1, -0.05) is 50.1 Å². The van der Waals surface area contributed by atoms with E-state index in [1.165, 1.54) is 4.90 Å². The van der Waals surface area contributed by atoms with E-state index in [9.17, 15) is 9.59 Å². The lowest BCUT2D eigenvalue weighted by Gasteiger charge is -2.15. The van der Waals surface area contributed by atoms with Crippen LogP contribution in [-0.4, -0.2) is 27.4 Å². The summed E-state index contributed by atoms with van der Waals surface area (Å²) in [6, 6.07) is 6.87. The number of nitrogens with zero attached hydrogens (tertiary/aromatic N) is 1. The van der Waals surface area contributed by atoms with Crippen LogP contribution < -0.4 is 0 Å². The maximum absolute atomic E-state index is 12.1. The second-order valence-corrected chi connectivity index (χ2v) is 4.68. The summed E-state index contributed by atoms with van der Waals surface area (Å²) in [5, 5.41) is 1.06. The van der Waals surface area contributed by atoms with Crippen LogP contribution in [0.5, 0.6) is 0 Å². The van der Waals surface area contributed by atoms with Crippen LogP contribution in [-0.2, 0) is 0 Å². The smallest absolute Gasteiger partial charge is 0.265 e. The Labute approximate surface area is 116 Å². The van der Waals surface area contributed by atoms with Crippen molar-refractivity contribution in [1.29, 1.82) is 0 Å². The largest absolute Gasteiger partial charge is 0.268 e. The third-order valence-corrected chi connectivity index (χ3v) is 3.43. The normalized spacial score (nSPS) is 15.4. The SMILES string of the molecule is O=C1c2ccccc2C(=O)N1/C(=C\CBr)CBr. The monoisotopic (exact) mass is 357 g/mol. The number of rotatable bonds is 3. The summed E-state index contributed by atoms with van der Waals surface area (Å²) in [6.45, 7) is 0. The molecule has 0 fully saturated rings. The second-order valence-electron chi connectivity index (χ2n) is 3.47. The first kappa shape index (κ1) is 12.5. The molecule has 1 aliphatic heterocycles. The first-order valence-electron chi connectivity index (χ1n) is 4.99. The molecule has 88 valence electrons. The summed E-state index contributed by atoms with van der Waals surface area (Å²) in [5.41, 5.74) is 1.60. The van der Waals surface area contributed by atoms with E-state index in [2.05, 4.69) is 31.9 Å². The van der Waals surface area contributed by atoms with Crippen LogP contribution in [0.15, 0.2) is 36.0 Å². The summed E-state index contributed by atoms with van der Waals surface area (Å²) < 4.78 is 0. The van der Waals surface area contributed by atoms with Crippen LogP contribution in [0.1, 0.15) is 20.7 Å². The predicted molar refractivity (Wildman–Crippen MR) is 72.6 cm³/mol. The molecule has 3 nitrogen and oxygen atoms in total. The van der Waals surface area contributed by atoms with Crippen molar-refractivity contribution < 1.29 is 9.59 Å². The molecule has 0 aliphatic carbocycles. The minimum Gasteiger partial charge on any atom is -0.268 e. The van der Waals surface area contributed by atoms with Gasteiger partial charge in [0.25, 0.3) is 11.8 Å². The zero-order valence-electron chi connectivity index (χ0n) is 8.82. The van der Waals surface area contributed by atoms with Crippen LogP contribution in [0.2, 0.25) is 0 Å². The van der Waals surface area contributed by atoms with Gasteiger partial charge in [0.2, 0.25) is 0 Å². The number of halogens is 2. The van der Waals surface area contributed by atoms with Gasteiger partial charge in [0.1, 0.15) is 0 Å². The maximum Gasteiger partial charge on any atom is 0.265 e. The van der Waals surface area contributed by atoms with Crippen LogP contribution in [0.3, 0.4) is 0 Å². The van der Waals surface area contributed by atoms with E-state index < -0.39 is 0 Å². The molecule has 0 saturated heterocycles. The van der Waals surface area contributed by atoms with E-state index in [-0.39, 0.29) is 11.8 Å². The molecule has 17 heavy (non-hydrogen) atoms. The van der Waals surface area contributed by atoms with Gasteiger partial charge in [-0.2, -0.15) is 0 Å². The first-order valence-corrected chi connectivity index (χ1v) is 7.23. The van der Waals surface area contributed by atoms with Gasteiger partial charge in [-0.3, -0.25) is 9.59 Å². The summed E-state index contributed by atoms with van der Waals surface area (Å²) in [6.07, 6.45) is 1.80. The number of fused-ring (bicyclic) bond motifs is 1. The molecule has 0 bridgehead atoms. The molecular weight excluding hydrogens is 350 g/mol. The van der Waals surface area contributed by atoms with E-state index in [1.807, 2.05) is 0 Å². The number of imide groups is 1. The molecule has 1 aromatic rings. The third kappa shape index (κ3) is 2.09. The number of amides is 2. The standard InChI is InChI=1S/C12H9Br2NO2/c13-6-5-8(7-14)15-11(16)9-3-1-2-4-10(9)12(15)17/h1-5H,6-7H2/b8-5-. The van der Waals surface area contributed by atoms with E-state index in [0.717, 1.165) is 0 Å². The third-order valence-electron chi connectivity index (χ3n) is 2.53. The van der Waals surface area contributed by atoms with Crippen LogP contribution >= 0.6 is 31.9 Å². The van der Waals surface area contributed by atoms with Gasteiger partial charge in [-0.15, -0.1) is 0 Å². The van der Waals surface area contributed by atoms with Gasteiger partial charge < -0.3 is 0 Å². The van der Waals surface area contributed by atoms with Crippen LogP contribution in [0.25, 0.3) is 0 Å². The average Bonchev–Trinajstić information content (AvgIpc) is 2.61. The minimum absolute atomic E-state index is 0.253. The van der Waals surface area contributed by atoms with Gasteiger partial charge in [0.05, 0.1) is 11.1 Å². The number of alkyl halides is 2. The fraction of sp³-hybridized carbons (Fsp3) is 0.167. The number of allylic oxidation sites excluding steroid dienone is 2. The van der Waals surface area contributed by atoms with E-state index in [0.29, 0.717) is 27.5 Å². The summed E-state index contributed by atoms with van der Waals surface area (Å²) in [4.78, 5) is 25.4. The van der Waals surface area contributed by atoms with Crippen molar-refractivity contribution in [3.05, 3.63) is 47.2 Å². The highest BCUT2D eigenvalue weighted by atomic mass is 79.9. The molecular formula is C12H9Br2NO2. The summed E-state index contributed by atoms with van der Waals surface area (Å²) in [5.74, 6) is -0.505. The molecule has 0 spiro atoms. The highest BCUT2D eigenvalue weighted by Crippen LogP contribution is 2.26. The Morgan fingerprint density at radius 3 is 2.06 bits per heavy atom. The topological polar surface area (TPSA) is 37.4 Å². The molecule has 0 aromatic heterocycles. The molecule has 1 aliphatic rings. The number of hydrogen-bond donors (Lipinski definition) is 0. The highest BCUT2D eigenvalue weighted by molar-refractivity contribution is 9.09. The zero-order chi connectivity index (χ0) is 12.4. The van der Waals surface area contributed by atoms with Crippen molar-refractivity contribution in [3.8, 4) is 0 Å². The Balaban J connectivity index is 2.46. The van der Waals surface area contributed by atoms with Crippen molar-refractivity contribution in [2.75, 3.05) is 10.7 Å². The summed E-state index contributed by atoms with van der Waals surface area (Å²) >= 11 is 6.56. The van der Waals surface area contributed by atoms with Gasteiger partial charge in [-0.25, -0.2) is 4.90 Å². The van der Waals surface area contributed by atoms with Gasteiger partial charge in [0.15, 0.2) is 0 Å². The molecule has 2 amide bonds. The van der Waals surface area contributed by atoms with Crippen molar-refractivity contribution in [2.24, 2.45) is 0 Å². The van der Waals surface area contributed by atoms with Crippen molar-refractivity contribution in [2.45, 2.75) is 0 Å². The fourth-order valence-corrected chi connectivity index (χ4v) is 2.60. The molecule has 5 heteroatoms. The lowest BCUT2D eigenvalue weighted by Crippen LogP contribution is -2.29. The molecule has 0 saturated carbocycles. The first-order chi connectivity index (χ1) is 8.20. The molecule has 0 radical (unpaired) electrons. The Bertz CT molecular complexity index is 476. The van der Waals surface area contributed by atoms with Gasteiger partial charge >= 0.3 is 0 Å². The van der Waals surface area contributed by atoms with E-state index in [4.69, 9.17) is 0 Å². The number of benzene rings is 1. The van der Waals surface area contributed by atoms with Crippen molar-refractivity contribution >= 4 is 43.7 Å². The summed E-state index contributed by atoms with van der Waals surface area (Å²) in [7, 11) is 0. The Hall–Kier alpha value is -0.940. The van der Waals surface area contributed by atoms with Crippen LogP contribution in [0.4, 0.5) is 0 Å². The Morgan fingerprint density at radius 1 is 1.12 bits per heavy atom. The van der Waals surface area contributed by atoms with Crippen molar-refractivity contribution in [1.82, 2.24) is 4.90 Å². The van der Waals surface area contributed by atoms with E-state index >= 15 is 0 Å². The molecule has 0 atom stereocenters. The molecule has 1 heterocycles. The quantitative estimate of drug-likeness (QED) is 0.615. The lowest BCUT2D eigenvalue weighted by molar-refractivity contribution is 0.0705. The van der Waals surface area contributed by atoms with E-state index in [1.54, 1.807) is 30.3 Å². The Morgan fingerprint density at radius 2 is 1.65 bits per heavy atom. The number of carbonyl (C=O) groups is 2. The average molecular weight is 359 g/mol. The lowest BCUT2D eigenvalue weighted by atomic mass is 10.1. The fourth-order valence-electron chi connectivity index (χ4n) is 1.74. The van der Waals surface area contributed by atoms with Crippen molar-refractivity contribution in [3.63, 3.8) is 0 Å². The second kappa shape index (κ2) is 5.14. The molecule has 1 aromatic carbocycles. The molecule has 0 unspecified atom stereocenters. The predicted octanol–water partition coefficient (Wildman–Crippen LogP) is 2.96. The number of hydrogen-bond acceptors (Lipinski definition) is 2. The van der Waals surface area contributed by atoms with Gasteiger partial charge in [-0.05, 0) is 12.1 Å². The van der Waals surface area contributed by atoms with Gasteiger partial charge in [0, 0.05) is 16.4 Å².